The summed E-state index contributed by atoms with van der Waals surface area (Å²) in [5.41, 5.74) is 0. The van der Waals surface area contributed by atoms with Crippen molar-refractivity contribution in [2.24, 2.45) is 29.6 Å². The van der Waals surface area contributed by atoms with E-state index in [-0.39, 0.29) is 18.3 Å². The minimum atomic E-state index is -1.40. The first kappa shape index (κ1) is 45.2. The van der Waals surface area contributed by atoms with Crippen molar-refractivity contribution in [3.8, 4) is 0 Å². The monoisotopic (exact) mass is 701 g/mol. The van der Waals surface area contributed by atoms with Gasteiger partial charge in [-0.15, -0.1) is 0 Å². The average Bonchev–Trinajstić information content (AvgIpc) is 2.95. The number of aliphatic hydroxyl groups excluding tert-OH is 2. The molecule has 0 rings (SSSR count). The van der Waals surface area contributed by atoms with Crippen LogP contribution in [0.3, 0.4) is 0 Å². The molecule has 16 heteroatoms. The zero-order valence-electron chi connectivity index (χ0n) is 30.4. The fourth-order valence-electron chi connectivity index (χ4n) is 4.94. The maximum atomic E-state index is 13.5. The Morgan fingerprint density at radius 3 is 1.29 bits per heavy atom. The molecule has 9 N–H and O–H groups in total. The third-order valence-electron chi connectivity index (χ3n) is 7.84. The van der Waals surface area contributed by atoms with Crippen LogP contribution in [0.2, 0.25) is 0 Å². The first-order valence-electron chi connectivity index (χ1n) is 16.8. The second-order valence-corrected chi connectivity index (χ2v) is 14.2. The maximum Gasteiger partial charge on any atom is 0.315 e. The van der Waals surface area contributed by atoms with Gasteiger partial charge in [-0.05, 0) is 50.4 Å². The predicted octanol–water partition coefficient (Wildman–Crippen LogP) is 0.142. The fourth-order valence-corrected chi connectivity index (χ4v) is 4.94. The van der Waals surface area contributed by atoms with Crippen LogP contribution < -0.4 is 26.6 Å². The van der Waals surface area contributed by atoms with E-state index in [0.29, 0.717) is 6.42 Å². The molecule has 0 aliphatic carbocycles. The third-order valence-corrected chi connectivity index (χ3v) is 7.84. The Labute approximate surface area is 288 Å². The molecule has 0 aromatic rings. The zero-order valence-corrected chi connectivity index (χ0v) is 30.4. The van der Waals surface area contributed by atoms with Gasteiger partial charge in [0.15, 0.2) is 0 Å². The lowest BCUT2D eigenvalue weighted by molar-refractivity contribution is -0.147. The summed E-state index contributed by atoms with van der Waals surface area (Å²) >= 11 is 0. The highest BCUT2D eigenvalue weighted by molar-refractivity contribution is 5.99. The number of carboxylic acid groups (broad SMARTS) is 2. The van der Waals surface area contributed by atoms with Gasteiger partial charge in [-0.3, -0.25) is 33.6 Å². The van der Waals surface area contributed by atoms with Crippen LogP contribution in [-0.2, 0) is 33.6 Å². The van der Waals surface area contributed by atoms with Crippen LogP contribution in [0.1, 0.15) is 94.9 Å². The van der Waals surface area contributed by atoms with Gasteiger partial charge in [-0.2, -0.15) is 0 Å². The van der Waals surface area contributed by atoms with Gasteiger partial charge in [-0.25, -0.2) is 0 Å². The Kier molecular flexibility index (Phi) is 19.7. The molecule has 8 unspecified atom stereocenters. The van der Waals surface area contributed by atoms with Crippen LogP contribution in [0.25, 0.3) is 0 Å². The molecule has 16 nitrogen and oxygen atoms in total. The molecule has 0 aliphatic rings. The van der Waals surface area contributed by atoms with E-state index >= 15 is 0 Å². The number of nitrogens with one attached hydrogen (secondary N) is 5. The first-order chi connectivity index (χ1) is 22.5. The van der Waals surface area contributed by atoms with Gasteiger partial charge >= 0.3 is 11.9 Å². The Balaban J connectivity index is 5.67. The summed E-state index contributed by atoms with van der Waals surface area (Å²) in [6.45, 7) is 16.6. The minimum absolute atomic E-state index is 0.0237. The summed E-state index contributed by atoms with van der Waals surface area (Å²) in [7, 11) is 0. The van der Waals surface area contributed by atoms with Crippen molar-refractivity contribution < 1.29 is 54.0 Å². The molecule has 5 amide bonds. The second kappa shape index (κ2) is 21.3. The van der Waals surface area contributed by atoms with E-state index in [4.69, 9.17) is 10.2 Å². The van der Waals surface area contributed by atoms with Crippen molar-refractivity contribution in [3.63, 3.8) is 0 Å². The molecule has 0 radical (unpaired) electrons. The number of aliphatic hydroxyl groups is 2. The van der Waals surface area contributed by atoms with Gasteiger partial charge in [0.1, 0.15) is 24.0 Å². The predicted molar refractivity (Wildman–Crippen MR) is 180 cm³/mol. The summed E-state index contributed by atoms with van der Waals surface area (Å²) < 4.78 is 0. The molecular formula is C33H59N5O11. The SMILES string of the molecule is CC(C)CC(NC(=O)C(C)NC(=O)CC(O)C(CC(C)C)NC(=O)C(NC(=O)C(NC(=O)C(C)C(=O)O)C(C)C)C(C)C)C(O)CC(=O)O. The number of aliphatic carboxylic acids is 2. The topological polar surface area (TPSA) is 261 Å². The van der Waals surface area contributed by atoms with Crippen molar-refractivity contribution in [1.29, 1.82) is 0 Å². The van der Waals surface area contributed by atoms with Crippen LogP contribution >= 0.6 is 0 Å². The molecule has 0 fully saturated rings. The molecule has 282 valence electrons. The third kappa shape index (κ3) is 16.9. The second-order valence-electron chi connectivity index (χ2n) is 14.2. The van der Waals surface area contributed by atoms with Crippen LogP contribution in [0.5, 0.6) is 0 Å². The summed E-state index contributed by atoms with van der Waals surface area (Å²) in [6, 6.07) is -5.15. The summed E-state index contributed by atoms with van der Waals surface area (Å²) in [5, 5.41) is 52.4. The normalized spacial score (nSPS) is 16.5. The first-order valence-corrected chi connectivity index (χ1v) is 16.8. The van der Waals surface area contributed by atoms with E-state index in [9.17, 15) is 43.8 Å². The quantitative estimate of drug-likeness (QED) is 0.0686. The van der Waals surface area contributed by atoms with E-state index in [0.717, 1.165) is 0 Å². The van der Waals surface area contributed by atoms with Gasteiger partial charge in [0.25, 0.3) is 0 Å². The Bertz CT molecular complexity index is 1140. The number of hydrogen-bond acceptors (Lipinski definition) is 9. The summed E-state index contributed by atoms with van der Waals surface area (Å²) in [5.74, 6) is -8.46. The Morgan fingerprint density at radius 2 is 0.898 bits per heavy atom. The molecule has 0 saturated heterocycles. The highest BCUT2D eigenvalue weighted by Gasteiger charge is 2.35. The molecule has 0 aromatic carbocycles. The lowest BCUT2D eigenvalue weighted by Crippen LogP contribution is -2.59. The van der Waals surface area contributed by atoms with Crippen LogP contribution in [-0.4, -0.2) is 104 Å². The molecule has 8 atom stereocenters. The van der Waals surface area contributed by atoms with Crippen molar-refractivity contribution in [3.05, 3.63) is 0 Å². The van der Waals surface area contributed by atoms with Gasteiger partial charge < -0.3 is 47.0 Å². The minimum Gasteiger partial charge on any atom is -0.481 e. The van der Waals surface area contributed by atoms with E-state index in [1.807, 2.05) is 27.7 Å². The standard InChI is InChI=1S/C33H59N5O11/c1-15(2)11-21(23(39)13-25(41)34-20(10)30(45)35-22(12-16(3)4)24(40)14-26(42)43)36-31(46)27(17(5)6)38-32(47)28(18(7)8)37-29(44)19(9)33(48)49/h15-24,27-28,39-40H,11-14H2,1-10H3,(H,34,41)(H,35,45)(H,36,46)(H,37,44)(H,38,47)(H,42,43)(H,48,49). The highest BCUT2D eigenvalue weighted by Crippen LogP contribution is 2.15. The number of amides is 5. The number of hydrogen-bond donors (Lipinski definition) is 9. The summed E-state index contributed by atoms with van der Waals surface area (Å²) in [6.07, 6.45) is -3.25. The molecule has 0 heterocycles. The maximum absolute atomic E-state index is 13.5. The molecule has 0 bridgehead atoms. The lowest BCUT2D eigenvalue weighted by Gasteiger charge is -2.31. The molecule has 49 heavy (non-hydrogen) atoms. The highest BCUT2D eigenvalue weighted by atomic mass is 16.4. The van der Waals surface area contributed by atoms with Crippen molar-refractivity contribution in [1.82, 2.24) is 26.6 Å². The molecule has 0 saturated carbocycles. The fraction of sp³-hybridized carbons (Fsp3) is 0.788. The average molecular weight is 702 g/mol. The number of carbonyl (C=O) groups excluding carboxylic acids is 5. The van der Waals surface area contributed by atoms with Crippen LogP contribution in [0.15, 0.2) is 0 Å². The molecule has 0 spiro atoms. The number of rotatable bonds is 22. The number of carboxylic acids is 2. The largest absolute Gasteiger partial charge is 0.481 e. The van der Waals surface area contributed by atoms with Crippen molar-refractivity contribution in [2.75, 3.05) is 0 Å². The van der Waals surface area contributed by atoms with E-state index in [2.05, 4.69) is 26.6 Å². The molecule has 0 aromatic heterocycles. The summed E-state index contributed by atoms with van der Waals surface area (Å²) in [4.78, 5) is 87.0. The van der Waals surface area contributed by atoms with Crippen molar-refractivity contribution >= 4 is 41.5 Å². The van der Waals surface area contributed by atoms with Crippen molar-refractivity contribution in [2.45, 2.75) is 137 Å². The molecular weight excluding hydrogens is 642 g/mol. The molecule has 0 aliphatic heterocycles. The lowest BCUT2D eigenvalue weighted by atomic mass is 9.95. The van der Waals surface area contributed by atoms with E-state index in [1.54, 1.807) is 27.7 Å². The Hall–Kier alpha value is -3.79. The Morgan fingerprint density at radius 1 is 0.510 bits per heavy atom. The van der Waals surface area contributed by atoms with Gasteiger partial charge in [0.2, 0.25) is 29.5 Å². The van der Waals surface area contributed by atoms with Crippen LogP contribution in [0.4, 0.5) is 0 Å². The van der Waals surface area contributed by atoms with Crippen LogP contribution in [0, 0.1) is 29.6 Å². The van der Waals surface area contributed by atoms with Gasteiger partial charge in [0.05, 0.1) is 37.1 Å². The van der Waals surface area contributed by atoms with E-state index < -0.39 is 114 Å². The zero-order chi connectivity index (χ0) is 38.3. The van der Waals surface area contributed by atoms with Gasteiger partial charge in [-0.1, -0.05) is 55.4 Å². The van der Waals surface area contributed by atoms with E-state index in [1.165, 1.54) is 13.8 Å². The van der Waals surface area contributed by atoms with Gasteiger partial charge in [0, 0.05) is 0 Å². The number of carbonyl (C=O) groups is 7. The smallest absolute Gasteiger partial charge is 0.315 e.